The van der Waals surface area contributed by atoms with Gasteiger partial charge in [-0.3, -0.25) is 14.2 Å². The third-order valence-corrected chi connectivity index (χ3v) is 7.33. The van der Waals surface area contributed by atoms with E-state index in [1.165, 1.54) is 16.7 Å². The van der Waals surface area contributed by atoms with Crippen LogP contribution in [0.4, 0.5) is 0 Å². The number of nitrogens with zero attached hydrogens (tertiary/aromatic N) is 3. The molecule has 26 heavy (non-hydrogen) atoms. The summed E-state index contributed by atoms with van der Waals surface area (Å²) in [6, 6.07) is 6.86. The van der Waals surface area contributed by atoms with Crippen LogP contribution in [-0.2, 0) is 21.2 Å². The van der Waals surface area contributed by atoms with E-state index >= 15 is 0 Å². The van der Waals surface area contributed by atoms with Crippen LogP contribution in [0, 0.1) is 0 Å². The Morgan fingerprint density at radius 3 is 2.77 bits per heavy atom. The highest BCUT2D eigenvalue weighted by molar-refractivity contribution is 7.99. The smallest absolute Gasteiger partial charge is 0.262 e. The van der Waals surface area contributed by atoms with E-state index in [4.69, 9.17) is 0 Å². The topological polar surface area (TPSA) is 89.3 Å². The summed E-state index contributed by atoms with van der Waals surface area (Å²) in [5, 5.41) is 1.05. The number of amides is 1. The molecule has 0 radical (unpaired) electrons. The van der Waals surface area contributed by atoms with E-state index in [-0.39, 0.29) is 34.8 Å². The molecule has 2 heterocycles. The number of aromatic nitrogens is 2. The first-order valence-electron chi connectivity index (χ1n) is 8.41. The van der Waals surface area contributed by atoms with Gasteiger partial charge < -0.3 is 4.90 Å². The number of fused-ring (bicyclic) bond motifs is 1. The summed E-state index contributed by atoms with van der Waals surface area (Å²) in [7, 11) is -1.41. The van der Waals surface area contributed by atoms with E-state index in [1.54, 1.807) is 29.8 Å². The molecule has 9 heteroatoms. The van der Waals surface area contributed by atoms with Gasteiger partial charge in [0.25, 0.3) is 5.56 Å². The van der Waals surface area contributed by atoms with Crippen LogP contribution in [0.2, 0.25) is 0 Å². The molecule has 1 aliphatic rings. The Bertz CT molecular complexity index is 1000. The Morgan fingerprint density at radius 2 is 2.12 bits per heavy atom. The molecule has 0 saturated carbocycles. The first-order valence-corrected chi connectivity index (χ1v) is 11.2. The predicted octanol–water partition coefficient (Wildman–Crippen LogP) is 1.15. The molecule has 0 aliphatic carbocycles. The Labute approximate surface area is 156 Å². The van der Waals surface area contributed by atoms with Crippen molar-refractivity contribution in [2.24, 2.45) is 0 Å². The van der Waals surface area contributed by atoms with Crippen molar-refractivity contribution >= 4 is 38.4 Å². The van der Waals surface area contributed by atoms with Crippen LogP contribution < -0.4 is 5.56 Å². The van der Waals surface area contributed by atoms with Crippen molar-refractivity contribution in [2.45, 2.75) is 31.1 Å². The standard InChI is InChI=1S/C17H21N3O4S2/c1-3-20-16(22)13-6-4-5-7-14(13)18-17(20)25-10-15(21)19(2)12-8-9-26(23,24)11-12/h4-7,12H,3,8-11H2,1-2H3/t12-/m1/s1. The van der Waals surface area contributed by atoms with Crippen LogP contribution in [-0.4, -0.2) is 59.1 Å². The molecule has 3 rings (SSSR count). The zero-order valence-corrected chi connectivity index (χ0v) is 16.3. The average molecular weight is 396 g/mol. The molecule has 0 N–H and O–H groups in total. The van der Waals surface area contributed by atoms with Gasteiger partial charge in [0.2, 0.25) is 5.91 Å². The molecule has 2 aromatic rings. The molecular formula is C17H21N3O4S2. The molecule has 1 amide bonds. The van der Waals surface area contributed by atoms with Crippen LogP contribution in [0.5, 0.6) is 0 Å². The zero-order chi connectivity index (χ0) is 18.9. The number of hydrogen-bond acceptors (Lipinski definition) is 6. The summed E-state index contributed by atoms with van der Waals surface area (Å²) in [5.74, 6) is 0.0949. The maximum absolute atomic E-state index is 12.6. The molecule has 1 atom stereocenters. The normalized spacial score (nSPS) is 18.9. The highest BCUT2D eigenvalue weighted by Crippen LogP contribution is 2.21. The number of para-hydroxylation sites is 1. The zero-order valence-electron chi connectivity index (χ0n) is 14.7. The largest absolute Gasteiger partial charge is 0.341 e. The lowest BCUT2D eigenvalue weighted by Crippen LogP contribution is -2.39. The first-order chi connectivity index (χ1) is 12.3. The number of carbonyl (C=O) groups is 1. The van der Waals surface area contributed by atoms with E-state index in [1.807, 2.05) is 13.0 Å². The van der Waals surface area contributed by atoms with Crippen molar-refractivity contribution in [3.8, 4) is 0 Å². The van der Waals surface area contributed by atoms with Gasteiger partial charge in [-0.2, -0.15) is 0 Å². The van der Waals surface area contributed by atoms with E-state index in [2.05, 4.69) is 4.98 Å². The molecule has 1 aromatic heterocycles. The lowest BCUT2D eigenvalue weighted by Gasteiger charge is -2.23. The Hall–Kier alpha value is -1.87. The van der Waals surface area contributed by atoms with E-state index in [9.17, 15) is 18.0 Å². The van der Waals surface area contributed by atoms with E-state index in [0.29, 0.717) is 29.0 Å². The van der Waals surface area contributed by atoms with E-state index < -0.39 is 9.84 Å². The molecule has 1 saturated heterocycles. The Morgan fingerprint density at radius 1 is 1.38 bits per heavy atom. The number of rotatable bonds is 5. The molecule has 0 spiro atoms. The molecule has 0 bridgehead atoms. The molecule has 140 valence electrons. The number of benzene rings is 1. The van der Waals surface area contributed by atoms with Gasteiger partial charge in [0, 0.05) is 19.6 Å². The fourth-order valence-electron chi connectivity index (χ4n) is 3.05. The van der Waals surface area contributed by atoms with Gasteiger partial charge in [-0.1, -0.05) is 23.9 Å². The number of carbonyl (C=O) groups excluding carboxylic acids is 1. The van der Waals surface area contributed by atoms with Gasteiger partial charge >= 0.3 is 0 Å². The summed E-state index contributed by atoms with van der Waals surface area (Å²) >= 11 is 1.21. The van der Waals surface area contributed by atoms with Crippen LogP contribution in [0.15, 0.2) is 34.2 Å². The minimum atomic E-state index is -3.04. The fourth-order valence-corrected chi connectivity index (χ4v) is 5.81. The second-order valence-electron chi connectivity index (χ2n) is 6.31. The number of hydrogen-bond donors (Lipinski definition) is 0. The van der Waals surface area contributed by atoms with Gasteiger partial charge in [0.15, 0.2) is 15.0 Å². The summed E-state index contributed by atoms with van der Waals surface area (Å²) in [6.45, 7) is 2.32. The monoisotopic (exact) mass is 395 g/mol. The van der Waals surface area contributed by atoms with Gasteiger partial charge in [-0.15, -0.1) is 0 Å². The lowest BCUT2D eigenvalue weighted by atomic mass is 10.2. The van der Waals surface area contributed by atoms with Crippen LogP contribution in [0.25, 0.3) is 10.9 Å². The maximum atomic E-state index is 12.6. The van der Waals surface area contributed by atoms with Crippen LogP contribution in [0.3, 0.4) is 0 Å². The van der Waals surface area contributed by atoms with Crippen molar-refractivity contribution in [1.82, 2.24) is 14.5 Å². The minimum absolute atomic E-state index is 0.0216. The van der Waals surface area contributed by atoms with Crippen LogP contribution in [0.1, 0.15) is 13.3 Å². The second kappa shape index (κ2) is 7.40. The lowest BCUT2D eigenvalue weighted by molar-refractivity contribution is -0.128. The molecule has 1 fully saturated rings. The maximum Gasteiger partial charge on any atom is 0.262 e. The summed E-state index contributed by atoms with van der Waals surface area (Å²) in [5.41, 5.74) is 0.482. The Kier molecular flexibility index (Phi) is 5.38. The van der Waals surface area contributed by atoms with Crippen molar-refractivity contribution in [2.75, 3.05) is 24.3 Å². The van der Waals surface area contributed by atoms with Crippen molar-refractivity contribution in [3.05, 3.63) is 34.6 Å². The van der Waals surface area contributed by atoms with Crippen molar-refractivity contribution in [3.63, 3.8) is 0 Å². The summed E-state index contributed by atoms with van der Waals surface area (Å²) < 4.78 is 24.8. The molecule has 1 aliphatic heterocycles. The van der Waals surface area contributed by atoms with Crippen molar-refractivity contribution < 1.29 is 13.2 Å². The number of sulfone groups is 1. The highest BCUT2D eigenvalue weighted by Gasteiger charge is 2.32. The van der Waals surface area contributed by atoms with Crippen molar-refractivity contribution in [1.29, 1.82) is 0 Å². The molecular weight excluding hydrogens is 374 g/mol. The minimum Gasteiger partial charge on any atom is -0.341 e. The average Bonchev–Trinajstić information content (AvgIpc) is 2.99. The van der Waals surface area contributed by atoms with Gasteiger partial charge in [0.1, 0.15) is 0 Å². The second-order valence-corrected chi connectivity index (χ2v) is 9.48. The van der Waals surface area contributed by atoms with Crippen LogP contribution >= 0.6 is 11.8 Å². The van der Waals surface area contributed by atoms with Gasteiger partial charge in [-0.05, 0) is 25.5 Å². The van der Waals surface area contributed by atoms with Gasteiger partial charge in [-0.25, -0.2) is 13.4 Å². The highest BCUT2D eigenvalue weighted by atomic mass is 32.2. The molecule has 0 unspecified atom stereocenters. The number of thioether (sulfide) groups is 1. The quantitative estimate of drug-likeness (QED) is 0.557. The molecule has 1 aromatic carbocycles. The van der Waals surface area contributed by atoms with Gasteiger partial charge in [0.05, 0.1) is 28.2 Å². The fraction of sp³-hybridized carbons (Fsp3) is 0.471. The molecule has 7 nitrogen and oxygen atoms in total. The third-order valence-electron chi connectivity index (χ3n) is 4.62. The Balaban J connectivity index is 1.77. The SMILES string of the molecule is CCn1c(SCC(=O)N(C)[C@@H]2CCS(=O)(=O)C2)nc2ccccc2c1=O. The predicted molar refractivity (Wildman–Crippen MR) is 102 cm³/mol. The third kappa shape index (κ3) is 3.78. The first kappa shape index (κ1) is 18.9. The summed E-state index contributed by atoms with van der Waals surface area (Å²) in [6.07, 6.45) is 0.475. The summed E-state index contributed by atoms with van der Waals surface area (Å²) in [4.78, 5) is 31.1. The van der Waals surface area contributed by atoms with E-state index in [0.717, 1.165) is 0 Å².